The van der Waals surface area contributed by atoms with E-state index in [0.717, 1.165) is 28.7 Å². The van der Waals surface area contributed by atoms with Gasteiger partial charge in [-0.1, -0.05) is 32.0 Å². The molecule has 0 aliphatic carbocycles. The number of amides is 4. The van der Waals surface area contributed by atoms with Gasteiger partial charge in [0.1, 0.15) is 5.57 Å². The van der Waals surface area contributed by atoms with Gasteiger partial charge in [-0.3, -0.25) is 25.0 Å². The quantitative estimate of drug-likeness (QED) is 0.354. The molecule has 29 heavy (non-hydrogen) atoms. The standard InChI is InChI=1S/C20H17N3O6/c1-11(2)13-4-6-14(7-5-13)22-19(26)15(18(25)21-20(22)27)9-12-3-8-17(24)16(10-12)23(28)29/h3-11,24H,1-2H3,(H,21,25,27). The Labute approximate surface area is 165 Å². The number of hydrogen-bond donors (Lipinski definition) is 2. The number of benzene rings is 2. The van der Waals surface area contributed by atoms with Crippen LogP contribution in [0.2, 0.25) is 0 Å². The van der Waals surface area contributed by atoms with Crippen LogP contribution in [-0.4, -0.2) is 27.9 Å². The Bertz CT molecular complexity index is 1060. The number of carbonyl (C=O) groups is 3. The minimum absolute atomic E-state index is 0.150. The molecule has 4 amide bonds. The Morgan fingerprint density at radius 3 is 2.34 bits per heavy atom. The fourth-order valence-electron chi connectivity index (χ4n) is 2.84. The van der Waals surface area contributed by atoms with Gasteiger partial charge in [-0.25, -0.2) is 9.69 Å². The number of nitrogens with zero attached hydrogens (tertiary/aromatic N) is 2. The Kier molecular flexibility index (Phi) is 5.14. The van der Waals surface area contributed by atoms with Gasteiger partial charge < -0.3 is 5.11 Å². The summed E-state index contributed by atoms with van der Waals surface area (Å²) in [6, 6.07) is 9.31. The lowest BCUT2D eigenvalue weighted by Crippen LogP contribution is -2.54. The smallest absolute Gasteiger partial charge is 0.335 e. The van der Waals surface area contributed by atoms with Crippen LogP contribution in [0.4, 0.5) is 16.2 Å². The predicted octanol–water partition coefficient (Wildman–Crippen LogP) is 3.09. The van der Waals surface area contributed by atoms with Crippen molar-refractivity contribution in [3.8, 4) is 5.75 Å². The zero-order valence-electron chi connectivity index (χ0n) is 15.6. The molecular weight excluding hydrogens is 378 g/mol. The molecule has 2 N–H and O–H groups in total. The molecule has 0 unspecified atom stereocenters. The largest absolute Gasteiger partial charge is 0.502 e. The summed E-state index contributed by atoms with van der Waals surface area (Å²) in [6.07, 6.45) is 1.13. The van der Waals surface area contributed by atoms with E-state index >= 15 is 0 Å². The summed E-state index contributed by atoms with van der Waals surface area (Å²) in [5.74, 6) is -2.05. The maximum absolute atomic E-state index is 12.8. The molecule has 0 saturated carbocycles. The zero-order chi connectivity index (χ0) is 21.3. The van der Waals surface area contributed by atoms with Gasteiger partial charge in [0.05, 0.1) is 10.6 Å². The number of nitro benzene ring substituents is 1. The van der Waals surface area contributed by atoms with Crippen LogP contribution in [0, 0.1) is 10.1 Å². The molecule has 1 saturated heterocycles. The van der Waals surface area contributed by atoms with Crippen molar-refractivity contribution in [1.82, 2.24) is 5.32 Å². The van der Waals surface area contributed by atoms with Gasteiger partial charge in [0.2, 0.25) is 0 Å². The number of phenolic OH excluding ortho intramolecular Hbond substituents is 1. The third-order valence-electron chi connectivity index (χ3n) is 4.43. The third-order valence-corrected chi connectivity index (χ3v) is 4.43. The first-order valence-electron chi connectivity index (χ1n) is 8.68. The van der Waals surface area contributed by atoms with Gasteiger partial charge in [0.25, 0.3) is 11.8 Å². The number of phenols is 1. The second-order valence-electron chi connectivity index (χ2n) is 6.71. The van der Waals surface area contributed by atoms with Gasteiger partial charge >= 0.3 is 11.7 Å². The molecule has 2 aromatic carbocycles. The molecule has 1 fully saturated rings. The molecule has 0 atom stereocenters. The number of nitrogens with one attached hydrogen (secondary N) is 1. The number of rotatable bonds is 4. The lowest BCUT2D eigenvalue weighted by molar-refractivity contribution is -0.385. The Morgan fingerprint density at radius 1 is 1.10 bits per heavy atom. The number of nitro groups is 1. The molecule has 1 heterocycles. The lowest BCUT2D eigenvalue weighted by Gasteiger charge is -2.26. The highest BCUT2D eigenvalue weighted by Gasteiger charge is 2.36. The summed E-state index contributed by atoms with van der Waals surface area (Å²) in [7, 11) is 0. The van der Waals surface area contributed by atoms with Gasteiger partial charge in [-0.05, 0) is 41.3 Å². The highest BCUT2D eigenvalue weighted by molar-refractivity contribution is 6.39. The molecule has 3 rings (SSSR count). The first-order valence-corrected chi connectivity index (χ1v) is 8.68. The zero-order valence-corrected chi connectivity index (χ0v) is 15.6. The van der Waals surface area contributed by atoms with Crippen LogP contribution in [0.5, 0.6) is 5.75 Å². The van der Waals surface area contributed by atoms with Crippen LogP contribution in [0.15, 0.2) is 48.0 Å². The molecule has 1 aliphatic heterocycles. The molecule has 0 bridgehead atoms. The van der Waals surface area contributed by atoms with Crippen LogP contribution in [0.25, 0.3) is 6.08 Å². The SMILES string of the molecule is CC(C)c1ccc(N2C(=O)NC(=O)C(=Cc3ccc(O)c([N+](=O)[O-])c3)C2=O)cc1. The van der Waals surface area contributed by atoms with Crippen LogP contribution in [-0.2, 0) is 9.59 Å². The monoisotopic (exact) mass is 395 g/mol. The fraction of sp³-hybridized carbons (Fsp3) is 0.150. The Hall–Kier alpha value is -4.01. The van der Waals surface area contributed by atoms with Crippen molar-refractivity contribution in [3.63, 3.8) is 0 Å². The molecule has 0 radical (unpaired) electrons. The summed E-state index contributed by atoms with van der Waals surface area (Å²) in [5.41, 5.74) is 0.518. The summed E-state index contributed by atoms with van der Waals surface area (Å²) in [4.78, 5) is 48.3. The van der Waals surface area contributed by atoms with E-state index in [4.69, 9.17) is 0 Å². The maximum Gasteiger partial charge on any atom is 0.335 e. The molecule has 9 nitrogen and oxygen atoms in total. The van der Waals surface area contributed by atoms with Crippen molar-refractivity contribution in [2.75, 3.05) is 4.90 Å². The van der Waals surface area contributed by atoms with Crippen molar-refractivity contribution in [2.24, 2.45) is 0 Å². The second-order valence-corrected chi connectivity index (χ2v) is 6.71. The van der Waals surface area contributed by atoms with Crippen LogP contribution in [0.1, 0.15) is 30.9 Å². The van der Waals surface area contributed by atoms with Crippen molar-refractivity contribution in [1.29, 1.82) is 0 Å². The molecule has 2 aromatic rings. The highest BCUT2D eigenvalue weighted by atomic mass is 16.6. The first kappa shape index (κ1) is 19.7. The maximum atomic E-state index is 12.8. The van der Waals surface area contributed by atoms with E-state index in [1.807, 2.05) is 13.8 Å². The molecule has 0 spiro atoms. The van der Waals surface area contributed by atoms with E-state index in [1.54, 1.807) is 24.3 Å². The van der Waals surface area contributed by atoms with Crippen molar-refractivity contribution >= 4 is 35.3 Å². The van der Waals surface area contributed by atoms with Gasteiger partial charge in [-0.2, -0.15) is 0 Å². The number of imide groups is 2. The topological polar surface area (TPSA) is 130 Å². The van der Waals surface area contributed by atoms with Gasteiger partial charge in [0, 0.05) is 6.07 Å². The summed E-state index contributed by atoms with van der Waals surface area (Å²) >= 11 is 0. The van der Waals surface area contributed by atoms with Gasteiger partial charge in [-0.15, -0.1) is 0 Å². The molecule has 0 aromatic heterocycles. The Balaban J connectivity index is 2.00. The average molecular weight is 395 g/mol. The normalized spacial score (nSPS) is 15.8. The van der Waals surface area contributed by atoms with E-state index < -0.39 is 34.2 Å². The van der Waals surface area contributed by atoms with Gasteiger partial charge in [0.15, 0.2) is 5.75 Å². The van der Waals surface area contributed by atoms with E-state index in [0.29, 0.717) is 0 Å². The molecule has 9 heteroatoms. The summed E-state index contributed by atoms with van der Waals surface area (Å²) < 4.78 is 0. The average Bonchev–Trinajstić information content (AvgIpc) is 2.66. The summed E-state index contributed by atoms with van der Waals surface area (Å²) in [5, 5.41) is 22.6. The minimum Gasteiger partial charge on any atom is -0.502 e. The number of anilines is 1. The number of hydrogen-bond acceptors (Lipinski definition) is 6. The first-order chi connectivity index (χ1) is 13.7. The van der Waals surface area contributed by atoms with Crippen LogP contribution in [0.3, 0.4) is 0 Å². The van der Waals surface area contributed by atoms with E-state index in [9.17, 15) is 29.6 Å². The second kappa shape index (κ2) is 7.55. The van der Waals surface area contributed by atoms with E-state index in [2.05, 4.69) is 5.32 Å². The van der Waals surface area contributed by atoms with E-state index in [1.165, 1.54) is 6.07 Å². The molecular formula is C20H17N3O6. The number of barbiturate groups is 1. The number of aromatic hydroxyl groups is 1. The van der Waals surface area contributed by atoms with E-state index in [-0.39, 0.29) is 22.7 Å². The van der Waals surface area contributed by atoms with Crippen molar-refractivity contribution in [2.45, 2.75) is 19.8 Å². The third kappa shape index (κ3) is 3.84. The molecule has 1 aliphatic rings. The number of urea groups is 1. The lowest BCUT2D eigenvalue weighted by atomic mass is 10.0. The van der Waals surface area contributed by atoms with Crippen LogP contribution < -0.4 is 10.2 Å². The number of carbonyl (C=O) groups excluding carboxylic acids is 3. The van der Waals surface area contributed by atoms with Crippen LogP contribution >= 0.6 is 0 Å². The Morgan fingerprint density at radius 2 is 1.76 bits per heavy atom. The minimum atomic E-state index is -0.911. The summed E-state index contributed by atoms with van der Waals surface area (Å²) in [6.45, 7) is 4.01. The molecule has 148 valence electrons. The highest BCUT2D eigenvalue weighted by Crippen LogP contribution is 2.29. The fourth-order valence-corrected chi connectivity index (χ4v) is 2.84. The van der Waals surface area contributed by atoms with Crippen molar-refractivity contribution in [3.05, 3.63) is 69.3 Å². The predicted molar refractivity (Wildman–Crippen MR) is 104 cm³/mol. The van der Waals surface area contributed by atoms with Crippen molar-refractivity contribution < 1.29 is 24.4 Å².